The molecule has 0 bridgehead atoms. The molecule has 0 saturated heterocycles. The average molecular weight is 298 g/mol. The highest BCUT2D eigenvalue weighted by Crippen LogP contribution is 2.36. The summed E-state index contributed by atoms with van der Waals surface area (Å²) in [5.41, 5.74) is -2.71. The van der Waals surface area contributed by atoms with Gasteiger partial charge in [-0.25, -0.2) is 0 Å². The number of hydrogen-bond acceptors (Lipinski definition) is 2. The zero-order valence-corrected chi connectivity index (χ0v) is 8.92. The molecule has 10 heteroatoms. The van der Waals surface area contributed by atoms with Crippen molar-refractivity contribution >= 4 is 11.6 Å². The molecule has 0 aliphatic rings. The van der Waals surface area contributed by atoms with Crippen LogP contribution in [0.15, 0.2) is 6.07 Å². The van der Waals surface area contributed by atoms with Crippen LogP contribution >= 0.6 is 11.6 Å². The number of ether oxygens (including phenoxy) is 1. The third kappa shape index (κ3) is 3.62. The van der Waals surface area contributed by atoms with Crippen LogP contribution in [0, 0.1) is 5.95 Å². The van der Waals surface area contributed by atoms with Gasteiger partial charge in [-0.3, -0.25) is 0 Å². The molecule has 0 aliphatic heterocycles. The third-order valence-electron chi connectivity index (χ3n) is 1.68. The molecule has 0 radical (unpaired) electrons. The molecular formula is C8H3ClF7NO. The van der Waals surface area contributed by atoms with E-state index in [2.05, 4.69) is 9.72 Å². The van der Waals surface area contributed by atoms with Crippen molar-refractivity contribution in [1.82, 2.24) is 4.98 Å². The Balaban J connectivity index is 3.28. The van der Waals surface area contributed by atoms with E-state index in [0.29, 0.717) is 0 Å². The topological polar surface area (TPSA) is 22.1 Å². The van der Waals surface area contributed by atoms with Gasteiger partial charge in [0, 0.05) is 11.9 Å². The fraction of sp³-hybridized carbons (Fsp3) is 0.375. The average Bonchev–Trinajstić information content (AvgIpc) is 2.11. The Morgan fingerprint density at radius 1 is 1.17 bits per heavy atom. The van der Waals surface area contributed by atoms with Gasteiger partial charge in [-0.1, -0.05) is 0 Å². The van der Waals surface area contributed by atoms with E-state index < -0.39 is 41.4 Å². The van der Waals surface area contributed by atoms with Gasteiger partial charge in [0.1, 0.15) is 5.56 Å². The summed E-state index contributed by atoms with van der Waals surface area (Å²) in [7, 11) is 0. The molecule has 0 N–H and O–H groups in total. The van der Waals surface area contributed by atoms with Gasteiger partial charge in [0.15, 0.2) is 0 Å². The van der Waals surface area contributed by atoms with E-state index in [1.807, 2.05) is 0 Å². The van der Waals surface area contributed by atoms with Gasteiger partial charge in [-0.05, 0) is 5.56 Å². The van der Waals surface area contributed by atoms with Crippen molar-refractivity contribution in [3.05, 3.63) is 23.1 Å². The molecular weight excluding hydrogens is 295 g/mol. The molecule has 18 heavy (non-hydrogen) atoms. The normalized spacial score (nSPS) is 12.7. The maximum absolute atomic E-state index is 13.0. The fourth-order valence-electron chi connectivity index (χ4n) is 1.11. The quantitative estimate of drug-likeness (QED) is 0.469. The lowest BCUT2D eigenvalue weighted by atomic mass is 10.1. The van der Waals surface area contributed by atoms with Crippen LogP contribution in [0.5, 0.6) is 5.88 Å². The summed E-state index contributed by atoms with van der Waals surface area (Å²) in [5.74, 6) is -4.31. The van der Waals surface area contributed by atoms with Crippen LogP contribution in [-0.4, -0.2) is 11.3 Å². The summed E-state index contributed by atoms with van der Waals surface area (Å²) in [5, 5.41) is 0. The van der Waals surface area contributed by atoms with E-state index in [0.717, 1.165) is 0 Å². The van der Waals surface area contributed by atoms with Gasteiger partial charge in [-0.15, -0.1) is 24.8 Å². The highest BCUT2D eigenvalue weighted by atomic mass is 35.5. The predicted octanol–water partition coefficient (Wildman–Crippen LogP) is 3.88. The van der Waals surface area contributed by atoms with Crippen molar-refractivity contribution in [3.63, 3.8) is 0 Å². The lowest BCUT2D eigenvalue weighted by Crippen LogP contribution is -2.20. The largest absolute Gasteiger partial charge is 0.574 e. The third-order valence-corrected chi connectivity index (χ3v) is 1.97. The van der Waals surface area contributed by atoms with Crippen LogP contribution in [-0.2, 0) is 12.1 Å². The SMILES string of the molecule is Fc1nc(OC(F)(F)F)cc(CCl)c1C(F)(F)F. The van der Waals surface area contributed by atoms with E-state index in [1.165, 1.54) is 0 Å². The predicted molar refractivity (Wildman–Crippen MR) is 45.4 cm³/mol. The first-order chi connectivity index (χ1) is 8.04. The number of alkyl halides is 7. The Labute approximate surface area is 100 Å². The first-order valence-electron chi connectivity index (χ1n) is 4.13. The summed E-state index contributed by atoms with van der Waals surface area (Å²) >= 11 is 5.12. The second-order valence-corrected chi connectivity index (χ2v) is 3.23. The van der Waals surface area contributed by atoms with E-state index in [1.54, 1.807) is 0 Å². The second kappa shape index (κ2) is 4.79. The molecule has 0 atom stereocenters. The zero-order chi connectivity index (χ0) is 14.1. The molecule has 1 aromatic rings. The van der Waals surface area contributed by atoms with Gasteiger partial charge < -0.3 is 4.74 Å². The Morgan fingerprint density at radius 2 is 1.72 bits per heavy atom. The minimum atomic E-state index is -5.19. The molecule has 102 valence electrons. The lowest BCUT2D eigenvalue weighted by molar-refractivity contribution is -0.276. The van der Waals surface area contributed by atoms with Crippen molar-refractivity contribution in [2.45, 2.75) is 18.4 Å². The lowest BCUT2D eigenvalue weighted by Gasteiger charge is -2.14. The molecule has 0 fully saturated rings. The number of hydrogen-bond donors (Lipinski definition) is 0. The van der Waals surface area contributed by atoms with Crippen molar-refractivity contribution in [2.75, 3.05) is 0 Å². The van der Waals surface area contributed by atoms with Crippen LogP contribution in [0.2, 0.25) is 0 Å². The fourth-order valence-corrected chi connectivity index (χ4v) is 1.32. The zero-order valence-electron chi connectivity index (χ0n) is 8.16. The molecule has 1 heterocycles. The van der Waals surface area contributed by atoms with E-state index in [-0.39, 0.29) is 6.07 Å². The molecule has 1 aromatic heterocycles. The Morgan fingerprint density at radius 3 is 2.11 bits per heavy atom. The van der Waals surface area contributed by atoms with Crippen LogP contribution < -0.4 is 4.74 Å². The van der Waals surface area contributed by atoms with Gasteiger partial charge >= 0.3 is 12.5 Å². The first-order valence-corrected chi connectivity index (χ1v) is 4.66. The highest BCUT2D eigenvalue weighted by molar-refractivity contribution is 6.17. The molecule has 0 aliphatic carbocycles. The summed E-state index contributed by atoms with van der Waals surface area (Å²) in [4.78, 5) is 2.45. The molecule has 0 saturated carbocycles. The smallest absolute Gasteiger partial charge is 0.388 e. The summed E-state index contributed by atoms with van der Waals surface area (Å²) in [6, 6.07) is 0.284. The van der Waals surface area contributed by atoms with Crippen LogP contribution in [0.1, 0.15) is 11.1 Å². The highest BCUT2D eigenvalue weighted by Gasteiger charge is 2.39. The van der Waals surface area contributed by atoms with Gasteiger partial charge in [0.2, 0.25) is 11.8 Å². The van der Waals surface area contributed by atoms with E-state index in [4.69, 9.17) is 11.6 Å². The van der Waals surface area contributed by atoms with Crippen LogP contribution in [0.3, 0.4) is 0 Å². The van der Waals surface area contributed by atoms with E-state index >= 15 is 0 Å². The summed E-state index contributed by atoms with van der Waals surface area (Å²) in [6.45, 7) is 0. The Kier molecular flexibility index (Phi) is 3.94. The minimum absolute atomic E-state index is 0.284. The second-order valence-electron chi connectivity index (χ2n) is 2.96. The number of halogens is 8. The molecule has 0 spiro atoms. The number of nitrogens with zero attached hydrogens (tertiary/aromatic N) is 1. The van der Waals surface area contributed by atoms with E-state index in [9.17, 15) is 30.7 Å². The Hall–Kier alpha value is -1.25. The van der Waals surface area contributed by atoms with Gasteiger partial charge in [0.05, 0.1) is 0 Å². The maximum Gasteiger partial charge on any atom is 0.574 e. The molecule has 1 rings (SSSR count). The van der Waals surface area contributed by atoms with Crippen molar-refractivity contribution in [2.24, 2.45) is 0 Å². The number of aromatic nitrogens is 1. The van der Waals surface area contributed by atoms with Crippen molar-refractivity contribution in [3.8, 4) is 5.88 Å². The summed E-state index contributed by atoms with van der Waals surface area (Å²) < 4.78 is 88.7. The van der Waals surface area contributed by atoms with Crippen LogP contribution in [0.4, 0.5) is 30.7 Å². The number of pyridine rings is 1. The maximum atomic E-state index is 13.0. The molecule has 0 aromatic carbocycles. The molecule has 0 amide bonds. The molecule has 2 nitrogen and oxygen atoms in total. The standard InChI is InChI=1S/C8H3ClF7NO/c9-2-3-1-4(18-8(14,15)16)17-6(10)5(3)7(11,12)13/h1H,2H2. The number of rotatable bonds is 2. The minimum Gasteiger partial charge on any atom is -0.388 e. The van der Waals surface area contributed by atoms with Gasteiger partial charge in [-0.2, -0.15) is 22.5 Å². The van der Waals surface area contributed by atoms with Crippen molar-refractivity contribution in [1.29, 1.82) is 0 Å². The van der Waals surface area contributed by atoms with Crippen molar-refractivity contribution < 1.29 is 35.5 Å². The van der Waals surface area contributed by atoms with Gasteiger partial charge in [0.25, 0.3) is 0 Å². The molecule has 0 unspecified atom stereocenters. The monoisotopic (exact) mass is 297 g/mol. The van der Waals surface area contributed by atoms with Crippen LogP contribution in [0.25, 0.3) is 0 Å². The first kappa shape index (κ1) is 14.8. The summed E-state index contributed by atoms with van der Waals surface area (Å²) in [6.07, 6.45) is -10.3. The Bertz CT molecular complexity index is 442.